The molecule has 0 aliphatic carbocycles. The minimum Gasteiger partial charge on any atom is -0.456 e. The van der Waals surface area contributed by atoms with E-state index in [1.165, 1.54) is 0 Å². The molecular formula is C30H27NO2. The van der Waals surface area contributed by atoms with Crippen molar-refractivity contribution in [3.63, 3.8) is 0 Å². The molecule has 33 heavy (non-hydrogen) atoms. The molecule has 0 fully saturated rings. The monoisotopic (exact) mass is 434 g/mol. The van der Waals surface area contributed by atoms with Crippen molar-refractivity contribution in [1.29, 1.82) is 0 Å². The number of pyridine rings is 1. The summed E-state index contributed by atoms with van der Waals surface area (Å²) in [5.74, 6) is -0.745. The van der Waals surface area contributed by atoms with E-state index in [-0.39, 0.29) is 5.41 Å². The van der Waals surface area contributed by atoms with E-state index in [4.69, 9.17) is 15.2 Å². The van der Waals surface area contributed by atoms with Crippen molar-refractivity contribution in [3.05, 3.63) is 78.0 Å². The molecule has 0 amide bonds. The fraction of sp³-hybridized carbons (Fsp3) is 0.233. The molecule has 1 atom stereocenters. The number of hydrogen-bond acceptors (Lipinski definition) is 3. The highest BCUT2D eigenvalue weighted by Gasteiger charge is 2.24. The molecule has 6 rings (SSSR count). The van der Waals surface area contributed by atoms with Gasteiger partial charge in [-0.25, -0.2) is 0 Å². The van der Waals surface area contributed by atoms with E-state index in [0.29, 0.717) is 0 Å². The number of furan rings is 2. The van der Waals surface area contributed by atoms with Gasteiger partial charge in [-0.2, -0.15) is 0 Å². The third kappa shape index (κ3) is 3.06. The molecule has 0 aliphatic rings. The van der Waals surface area contributed by atoms with Crippen LogP contribution >= 0.6 is 0 Å². The summed E-state index contributed by atoms with van der Waals surface area (Å²) in [5, 5.41) is 4.32. The van der Waals surface area contributed by atoms with Crippen molar-refractivity contribution in [3.8, 4) is 11.3 Å². The van der Waals surface area contributed by atoms with Gasteiger partial charge in [-0.15, -0.1) is 0 Å². The number of rotatable bonds is 2. The number of benzene rings is 3. The van der Waals surface area contributed by atoms with Crippen molar-refractivity contribution in [2.45, 2.75) is 40.5 Å². The zero-order valence-corrected chi connectivity index (χ0v) is 19.6. The summed E-state index contributed by atoms with van der Waals surface area (Å²) in [6, 6.07) is 20.5. The summed E-state index contributed by atoms with van der Waals surface area (Å²) in [6.07, 6.45) is 1.86. The average molecular weight is 435 g/mol. The van der Waals surface area contributed by atoms with Gasteiger partial charge in [0.2, 0.25) is 0 Å². The first-order valence-electron chi connectivity index (χ1n) is 11.9. The summed E-state index contributed by atoms with van der Waals surface area (Å²) in [7, 11) is 0. The third-order valence-electron chi connectivity index (χ3n) is 6.91. The molecule has 164 valence electrons. The Bertz CT molecular complexity index is 1730. The van der Waals surface area contributed by atoms with E-state index >= 15 is 0 Å². The van der Waals surface area contributed by atoms with Crippen LogP contribution in [0, 0.1) is 12.3 Å². The number of hydrogen-bond donors (Lipinski definition) is 0. The maximum Gasteiger partial charge on any atom is 0.144 e. The van der Waals surface area contributed by atoms with Gasteiger partial charge in [0, 0.05) is 40.7 Å². The second-order valence-electron chi connectivity index (χ2n) is 9.99. The first kappa shape index (κ1) is 18.9. The molecule has 6 aromatic rings. The summed E-state index contributed by atoms with van der Waals surface area (Å²) in [5.41, 5.74) is 6.93. The van der Waals surface area contributed by atoms with Crippen LogP contribution in [0.3, 0.4) is 0 Å². The number of nitrogens with zero attached hydrogens (tertiary/aromatic N) is 1. The maximum atomic E-state index is 8.98. The van der Waals surface area contributed by atoms with E-state index < -0.39 is 5.89 Å². The highest BCUT2D eigenvalue weighted by atomic mass is 16.3. The zero-order valence-electron chi connectivity index (χ0n) is 20.6. The minimum atomic E-state index is -0.745. The number of aromatic nitrogens is 1. The highest BCUT2D eigenvalue weighted by molar-refractivity contribution is 6.16. The highest BCUT2D eigenvalue weighted by Crippen LogP contribution is 2.41. The van der Waals surface area contributed by atoms with E-state index in [2.05, 4.69) is 64.1 Å². The Labute approximate surface area is 194 Å². The normalized spacial score (nSPS) is 14.9. The van der Waals surface area contributed by atoms with Crippen LogP contribution in [0.1, 0.15) is 46.1 Å². The molecule has 3 aromatic carbocycles. The molecule has 0 spiro atoms. The second-order valence-corrected chi connectivity index (χ2v) is 9.99. The van der Waals surface area contributed by atoms with E-state index in [1.54, 1.807) is 0 Å². The van der Waals surface area contributed by atoms with Gasteiger partial charge in [-0.05, 0) is 53.6 Å². The van der Waals surface area contributed by atoms with Crippen molar-refractivity contribution in [2.75, 3.05) is 0 Å². The molecule has 0 saturated heterocycles. The van der Waals surface area contributed by atoms with Crippen LogP contribution in [-0.2, 0) is 0 Å². The molecule has 3 nitrogen and oxygen atoms in total. The lowest BCUT2D eigenvalue weighted by Crippen LogP contribution is -2.16. The fourth-order valence-corrected chi connectivity index (χ4v) is 4.72. The van der Waals surface area contributed by atoms with Gasteiger partial charge in [0.15, 0.2) is 0 Å². The Hall–Kier alpha value is -3.59. The zero-order chi connectivity index (χ0) is 23.8. The third-order valence-corrected chi connectivity index (χ3v) is 6.91. The van der Waals surface area contributed by atoms with Gasteiger partial charge in [0.1, 0.15) is 22.3 Å². The van der Waals surface area contributed by atoms with Gasteiger partial charge in [0.05, 0.1) is 5.69 Å². The van der Waals surface area contributed by atoms with Gasteiger partial charge in [0.25, 0.3) is 0 Å². The molecule has 0 radical (unpaired) electrons. The number of para-hydroxylation sites is 2. The molecule has 0 N–H and O–H groups in total. The van der Waals surface area contributed by atoms with E-state index in [0.717, 1.165) is 66.3 Å². The Morgan fingerprint density at radius 1 is 0.818 bits per heavy atom. The Morgan fingerprint density at radius 3 is 2.33 bits per heavy atom. The summed E-state index contributed by atoms with van der Waals surface area (Å²) < 4.78 is 21.5. The summed E-state index contributed by atoms with van der Waals surface area (Å²) >= 11 is 0. The van der Waals surface area contributed by atoms with Crippen LogP contribution in [0.15, 0.2) is 75.7 Å². The molecule has 0 bridgehead atoms. The quantitative estimate of drug-likeness (QED) is 0.273. The van der Waals surface area contributed by atoms with E-state index in [1.807, 2.05) is 37.4 Å². The molecule has 1 unspecified atom stereocenters. The number of aryl methyl sites for hydroxylation is 1. The first-order valence-corrected chi connectivity index (χ1v) is 11.4. The summed E-state index contributed by atoms with van der Waals surface area (Å²) in [4.78, 5) is 4.80. The topological polar surface area (TPSA) is 39.2 Å². The van der Waals surface area contributed by atoms with Gasteiger partial charge in [-0.3, -0.25) is 4.98 Å². The molecule has 0 aliphatic heterocycles. The lowest BCUT2D eigenvalue weighted by Gasteiger charge is -2.28. The molecule has 0 saturated carbocycles. The standard InChI is InChI=1S/C30H27NO2/c1-17-13-25(31-16-24(17)18(2)30(3,4)5)21-11-8-10-20-23-14-22-19-9-6-7-12-26(19)32-27(22)15-28(23)33-29(20)21/h6-16,18H,1-5H3/i18D. The Balaban J connectivity index is 1.55. The average Bonchev–Trinajstić information content (AvgIpc) is 3.33. The van der Waals surface area contributed by atoms with Gasteiger partial charge < -0.3 is 8.83 Å². The van der Waals surface area contributed by atoms with Crippen molar-refractivity contribution >= 4 is 43.9 Å². The second kappa shape index (κ2) is 6.95. The summed E-state index contributed by atoms with van der Waals surface area (Å²) in [6.45, 7) is 10.3. The largest absolute Gasteiger partial charge is 0.456 e. The van der Waals surface area contributed by atoms with Crippen LogP contribution in [0.5, 0.6) is 0 Å². The Morgan fingerprint density at radius 2 is 1.55 bits per heavy atom. The van der Waals surface area contributed by atoms with Gasteiger partial charge in [-0.1, -0.05) is 58.0 Å². The van der Waals surface area contributed by atoms with Gasteiger partial charge >= 0.3 is 0 Å². The predicted molar refractivity (Wildman–Crippen MR) is 137 cm³/mol. The molecule has 3 heterocycles. The minimum absolute atomic E-state index is 0.208. The van der Waals surface area contributed by atoms with Crippen molar-refractivity contribution in [1.82, 2.24) is 4.98 Å². The van der Waals surface area contributed by atoms with Crippen molar-refractivity contribution in [2.24, 2.45) is 5.41 Å². The Kier molecular flexibility index (Phi) is 3.99. The fourth-order valence-electron chi connectivity index (χ4n) is 4.72. The van der Waals surface area contributed by atoms with Crippen LogP contribution in [0.4, 0.5) is 0 Å². The van der Waals surface area contributed by atoms with E-state index in [9.17, 15) is 0 Å². The van der Waals surface area contributed by atoms with Crippen LogP contribution in [0.25, 0.3) is 55.1 Å². The predicted octanol–water partition coefficient (Wildman–Crippen LogP) is 9.01. The van der Waals surface area contributed by atoms with Crippen LogP contribution in [0.2, 0.25) is 0 Å². The first-order chi connectivity index (χ1) is 16.1. The molecule has 3 aromatic heterocycles. The smallest absolute Gasteiger partial charge is 0.144 e. The van der Waals surface area contributed by atoms with Crippen LogP contribution in [-0.4, -0.2) is 4.98 Å². The lowest BCUT2D eigenvalue weighted by atomic mass is 9.77. The maximum absolute atomic E-state index is 8.98. The van der Waals surface area contributed by atoms with Crippen LogP contribution < -0.4 is 0 Å². The number of fused-ring (bicyclic) bond motifs is 6. The molecular weight excluding hydrogens is 406 g/mol. The lowest BCUT2D eigenvalue weighted by molar-refractivity contribution is 0.338. The SMILES string of the molecule is [2H]C(C)(c1cnc(-c2cccc3c2oc2cc4oc5ccccc5c4cc23)cc1C)C(C)(C)C. The van der Waals surface area contributed by atoms with Crippen molar-refractivity contribution < 1.29 is 10.2 Å². The molecule has 3 heteroatoms.